The van der Waals surface area contributed by atoms with Gasteiger partial charge in [-0.3, -0.25) is 9.44 Å². The molecule has 0 amide bonds. The number of aliphatic carboxylic acids is 1. The summed E-state index contributed by atoms with van der Waals surface area (Å²) in [5.74, 6) is -1.60. The number of carboxylic acids is 1. The van der Waals surface area contributed by atoms with Gasteiger partial charge in [-0.15, -0.1) is 0 Å². The number of sulfonamides is 2. The lowest BCUT2D eigenvalue weighted by atomic mass is 10.2. The van der Waals surface area contributed by atoms with Gasteiger partial charge in [-0.05, 0) is 96.8 Å². The lowest BCUT2D eigenvalue weighted by Gasteiger charge is -2.09. The maximum atomic E-state index is 12.4. The van der Waals surface area contributed by atoms with Gasteiger partial charge < -0.3 is 9.84 Å². The van der Waals surface area contributed by atoms with Crippen molar-refractivity contribution in [2.45, 2.75) is 23.6 Å². The molecule has 0 fully saturated rings. The van der Waals surface area contributed by atoms with Crippen LogP contribution in [-0.4, -0.2) is 41.0 Å². The number of hydrogen-bond donors (Lipinski definition) is 3. The van der Waals surface area contributed by atoms with Crippen LogP contribution in [0, 0.1) is 13.8 Å². The largest absolute Gasteiger partial charge is 0.478 e. The molecule has 4 rings (SSSR count). The second-order valence-corrected chi connectivity index (χ2v) is 13.0. The van der Waals surface area contributed by atoms with Crippen LogP contribution in [-0.2, 0) is 34.4 Å². The maximum Gasteiger partial charge on any atom is 0.330 e. The Kier molecular flexibility index (Phi) is 11.8. The second-order valence-electron chi connectivity index (χ2n) is 9.62. The number of anilines is 2. The number of methoxy groups -OCH3 is 1. The van der Waals surface area contributed by atoms with Crippen LogP contribution >= 0.6 is 0 Å². The average Bonchev–Trinajstić information content (AvgIpc) is 2.99. The Labute approximate surface area is 262 Å². The minimum atomic E-state index is -3.72. The van der Waals surface area contributed by atoms with Crippen molar-refractivity contribution in [1.29, 1.82) is 0 Å². The average molecular weight is 649 g/mol. The number of benzene rings is 4. The van der Waals surface area contributed by atoms with Crippen molar-refractivity contribution >= 4 is 55.5 Å². The van der Waals surface area contributed by atoms with E-state index in [1.165, 1.54) is 49.6 Å². The lowest BCUT2D eigenvalue weighted by molar-refractivity contribution is -0.135. The third kappa shape index (κ3) is 11.1. The molecule has 0 aliphatic rings. The highest BCUT2D eigenvalue weighted by Gasteiger charge is 2.15. The van der Waals surface area contributed by atoms with E-state index >= 15 is 0 Å². The van der Waals surface area contributed by atoms with Gasteiger partial charge in [0, 0.05) is 23.5 Å². The van der Waals surface area contributed by atoms with Crippen LogP contribution in [0.3, 0.4) is 0 Å². The zero-order valence-electron chi connectivity index (χ0n) is 24.7. The molecule has 0 aromatic heterocycles. The van der Waals surface area contributed by atoms with Gasteiger partial charge in [0.1, 0.15) is 0 Å². The normalized spacial score (nSPS) is 11.4. The van der Waals surface area contributed by atoms with Crippen LogP contribution in [0.4, 0.5) is 11.4 Å². The molecule has 4 aromatic rings. The minimum absolute atomic E-state index is 0.0709. The third-order valence-corrected chi connectivity index (χ3v) is 8.67. The molecule has 45 heavy (non-hydrogen) atoms. The molecule has 0 heterocycles. The van der Waals surface area contributed by atoms with Gasteiger partial charge in [-0.2, -0.15) is 0 Å². The van der Waals surface area contributed by atoms with Crippen LogP contribution in [0.25, 0.3) is 12.2 Å². The Hall–Kier alpha value is -5.20. The summed E-state index contributed by atoms with van der Waals surface area (Å²) in [7, 11) is -6.14. The molecule has 0 spiro atoms. The molecular weight excluding hydrogens is 617 g/mol. The standard InChI is InChI=1S/C17H17NO4S.C16H15NO4S/c1-13-5-3-7-15(11-13)18-23(20,21)16-8-4-6-14(12-16)9-10-17(19)22-2;1-12-4-2-6-14(10-12)17-22(20,21)15-7-3-5-13(11-15)8-9-16(18)19/h3-12,18H,1-2H3;2-11,17H,1H3,(H,18,19)/b10-9+;9-8+. The second kappa shape index (κ2) is 15.5. The van der Waals surface area contributed by atoms with E-state index in [2.05, 4.69) is 14.2 Å². The fourth-order valence-electron chi connectivity index (χ4n) is 3.82. The van der Waals surface area contributed by atoms with E-state index in [4.69, 9.17) is 5.11 Å². The number of carbonyl (C=O) groups excluding carboxylic acids is 1. The van der Waals surface area contributed by atoms with Gasteiger partial charge in [-0.1, -0.05) is 48.5 Å². The van der Waals surface area contributed by atoms with Crippen molar-refractivity contribution in [2.75, 3.05) is 16.6 Å². The number of esters is 1. The van der Waals surface area contributed by atoms with Gasteiger partial charge in [0.15, 0.2) is 0 Å². The van der Waals surface area contributed by atoms with E-state index in [1.807, 2.05) is 26.0 Å². The van der Waals surface area contributed by atoms with Crippen LogP contribution < -0.4 is 9.44 Å². The monoisotopic (exact) mass is 648 g/mol. The maximum absolute atomic E-state index is 12.4. The molecule has 234 valence electrons. The van der Waals surface area contributed by atoms with Crippen LogP contribution in [0.1, 0.15) is 22.3 Å². The summed E-state index contributed by atoms with van der Waals surface area (Å²) in [6, 6.07) is 26.5. The van der Waals surface area contributed by atoms with Crippen molar-refractivity contribution in [3.63, 3.8) is 0 Å². The Balaban J connectivity index is 0.000000246. The predicted molar refractivity (Wildman–Crippen MR) is 175 cm³/mol. The number of nitrogens with one attached hydrogen (secondary N) is 2. The van der Waals surface area contributed by atoms with E-state index < -0.39 is 32.0 Å². The summed E-state index contributed by atoms with van der Waals surface area (Å²) in [5, 5.41) is 8.61. The first-order chi connectivity index (χ1) is 21.3. The molecule has 12 heteroatoms. The molecule has 4 aromatic carbocycles. The fraction of sp³-hybridized carbons (Fsp3) is 0.0909. The molecule has 0 bridgehead atoms. The topological polar surface area (TPSA) is 156 Å². The van der Waals surface area contributed by atoms with Gasteiger partial charge >= 0.3 is 11.9 Å². The van der Waals surface area contributed by atoms with Crippen LogP contribution in [0.5, 0.6) is 0 Å². The molecular formula is C33H32N2O8S2. The molecule has 10 nitrogen and oxygen atoms in total. The Morgan fingerprint density at radius 1 is 0.644 bits per heavy atom. The number of carbonyl (C=O) groups is 2. The summed E-state index contributed by atoms with van der Waals surface area (Å²) >= 11 is 0. The number of ether oxygens (including phenoxy) is 1. The Morgan fingerprint density at radius 2 is 1.07 bits per heavy atom. The van der Waals surface area contributed by atoms with Gasteiger partial charge in [0.25, 0.3) is 20.0 Å². The summed E-state index contributed by atoms with van der Waals surface area (Å²) in [4.78, 5) is 21.8. The fourth-order valence-corrected chi connectivity index (χ4v) is 6.02. The highest BCUT2D eigenvalue weighted by molar-refractivity contribution is 7.93. The summed E-state index contributed by atoms with van der Waals surface area (Å²) in [6.45, 7) is 3.76. The van der Waals surface area contributed by atoms with Crippen molar-refractivity contribution in [3.8, 4) is 0 Å². The zero-order valence-corrected chi connectivity index (χ0v) is 26.3. The zero-order chi connectivity index (χ0) is 33.0. The molecule has 0 radical (unpaired) electrons. The summed E-state index contributed by atoms with van der Waals surface area (Å²) in [6.07, 6.45) is 5.03. The first kappa shape index (κ1) is 34.3. The van der Waals surface area contributed by atoms with Gasteiger partial charge in [-0.25, -0.2) is 26.4 Å². The van der Waals surface area contributed by atoms with E-state index in [0.29, 0.717) is 22.5 Å². The summed E-state index contributed by atoms with van der Waals surface area (Å²) in [5.41, 5.74) is 3.96. The van der Waals surface area contributed by atoms with Crippen molar-refractivity contribution < 1.29 is 36.3 Å². The highest BCUT2D eigenvalue weighted by Crippen LogP contribution is 2.20. The molecule has 3 N–H and O–H groups in total. The Morgan fingerprint density at radius 3 is 1.47 bits per heavy atom. The molecule has 0 aliphatic heterocycles. The van der Waals surface area contributed by atoms with Crippen molar-refractivity contribution in [1.82, 2.24) is 0 Å². The smallest absolute Gasteiger partial charge is 0.330 e. The third-order valence-electron chi connectivity index (χ3n) is 5.91. The van der Waals surface area contributed by atoms with E-state index in [1.54, 1.807) is 60.7 Å². The van der Waals surface area contributed by atoms with Crippen LogP contribution in [0.15, 0.2) is 119 Å². The van der Waals surface area contributed by atoms with E-state index in [-0.39, 0.29) is 9.79 Å². The van der Waals surface area contributed by atoms with E-state index in [0.717, 1.165) is 17.2 Å². The number of aryl methyl sites for hydroxylation is 2. The molecule has 0 saturated heterocycles. The Bertz CT molecular complexity index is 1950. The first-order valence-electron chi connectivity index (χ1n) is 13.3. The lowest BCUT2D eigenvalue weighted by Crippen LogP contribution is -2.13. The quantitative estimate of drug-likeness (QED) is 0.142. The van der Waals surface area contributed by atoms with Crippen LogP contribution in [0.2, 0.25) is 0 Å². The summed E-state index contributed by atoms with van der Waals surface area (Å²) < 4.78 is 59.1. The van der Waals surface area contributed by atoms with Gasteiger partial charge in [0.2, 0.25) is 0 Å². The predicted octanol–water partition coefficient (Wildman–Crippen LogP) is 5.88. The molecule has 0 saturated carbocycles. The van der Waals surface area contributed by atoms with E-state index in [9.17, 15) is 26.4 Å². The number of hydrogen-bond acceptors (Lipinski definition) is 7. The molecule has 0 atom stereocenters. The number of carboxylic acid groups (broad SMARTS) is 1. The SMILES string of the molecule is COC(=O)/C=C/c1cccc(S(=O)(=O)Nc2cccc(C)c2)c1.Cc1cccc(NS(=O)(=O)c2cccc(/C=C/C(=O)O)c2)c1. The minimum Gasteiger partial charge on any atom is -0.478 e. The highest BCUT2D eigenvalue weighted by atomic mass is 32.2. The first-order valence-corrected chi connectivity index (χ1v) is 16.3. The molecule has 0 aliphatic carbocycles. The number of rotatable bonds is 10. The van der Waals surface area contributed by atoms with Crippen molar-refractivity contribution in [3.05, 3.63) is 131 Å². The van der Waals surface area contributed by atoms with Crippen molar-refractivity contribution in [2.24, 2.45) is 0 Å². The molecule has 0 unspecified atom stereocenters. The van der Waals surface area contributed by atoms with Gasteiger partial charge in [0.05, 0.1) is 16.9 Å².